The van der Waals surface area contributed by atoms with Gasteiger partial charge in [0.15, 0.2) is 11.5 Å². The van der Waals surface area contributed by atoms with Gasteiger partial charge in [0.1, 0.15) is 0 Å². The van der Waals surface area contributed by atoms with E-state index >= 15 is 0 Å². The van der Waals surface area contributed by atoms with Gasteiger partial charge in [-0.2, -0.15) is 0 Å². The van der Waals surface area contributed by atoms with Crippen LogP contribution in [0.3, 0.4) is 0 Å². The number of rotatable bonds is 9. The third-order valence-corrected chi connectivity index (χ3v) is 4.81. The summed E-state index contributed by atoms with van der Waals surface area (Å²) in [4.78, 5) is 19.1. The van der Waals surface area contributed by atoms with E-state index in [1.807, 2.05) is 65.1 Å². The number of imidazole rings is 1. The van der Waals surface area contributed by atoms with Gasteiger partial charge in [-0.15, -0.1) is 0 Å². The van der Waals surface area contributed by atoms with Gasteiger partial charge >= 0.3 is 0 Å². The Hall–Kier alpha value is -3.28. The molecular weight excluding hydrogens is 366 g/mol. The van der Waals surface area contributed by atoms with E-state index in [9.17, 15) is 4.79 Å². The number of aryl methyl sites for hydroxylation is 2. The van der Waals surface area contributed by atoms with E-state index in [0.717, 1.165) is 24.1 Å². The number of benzene rings is 2. The van der Waals surface area contributed by atoms with Gasteiger partial charge in [0.05, 0.1) is 20.5 Å². The van der Waals surface area contributed by atoms with Crippen LogP contribution in [0.5, 0.6) is 11.5 Å². The van der Waals surface area contributed by atoms with Crippen molar-refractivity contribution in [2.45, 2.75) is 26.4 Å². The van der Waals surface area contributed by atoms with Crippen LogP contribution >= 0.6 is 0 Å². The summed E-state index contributed by atoms with van der Waals surface area (Å²) in [5.74, 6) is 1.35. The van der Waals surface area contributed by atoms with Crippen molar-refractivity contribution < 1.29 is 14.3 Å². The average molecular weight is 393 g/mol. The molecule has 0 aliphatic heterocycles. The predicted molar refractivity (Wildman–Crippen MR) is 112 cm³/mol. The summed E-state index contributed by atoms with van der Waals surface area (Å²) in [7, 11) is 3.23. The zero-order chi connectivity index (χ0) is 20.6. The van der Waals surface area contributed by atoms with Gasteiger partial charge in [-0.05, 0) is 43.2 Å². The Bertz CT molecular complexity index is 921. The summed E-state index contributed by atoms with van der Waals surface area (Å²) in [6.07, 6.45) is 6.32. The minimum absolute atomic E-state index is 0.0189. The fraction of sp³-hybridized carbons (Fsp3) is 0.304. The molecule has 0 N–H and O–H groups in total. The lowest BCUT2D eigenvalue weighted by atomic mass is 10.1. The number of ether oxygens (including phenoxy) is 2. The summed E-state index contributed by atoms with van der Waals surface area (Å²) in [5, 5.41) is 0. The normalized spacial score (nSPS) is 10.6. The van der Waals surface area contributed by atoms with E-state index in [0.29, 0.717) is 30.2 Å². The number of nitrogens with zero attached hydrogens (tertiary/aromatic N) is 3. The molecule has 29 heavy (non-hydrogen) atoms. The van der Waals surface area contributed by atoms with E-state index in [1.165, 1.54) is 0 Å². The molecular formula is C23H27N3O3. The first-order chi connectivity index (χ1) is 14.1. The summed E-state index contributed by atoms with van der Waals surface area (Å²) >= 11 is 0. The smallest absolute Gasteiger partial charge is 0.254 e. The van der Waals surface area contributed by atoms with Gasteiger partial charge in [-0.3, -0.25) is 4.79 Å². The van der Waals surface area contributed by atoms with Crippen molar-refractivity contribution in [1.29, 1.82) is 0 Å². The standard InChI is InChI=1S/C23H27N3O3/c1-18-5-8-20(9-6-18)23(27)26(13-4-12-25-14-11-24-17-25)16-19-7-10-21(28-2)22(15-19)29-3/h5-11,14-15,17H,4,12-13,16H2,1-3H3. The minimum Gasteiger partial charge on any atom is -0.493 e. The molecule has 0 spiro atoms. The van der Waals surface area contributed by atoms with E-state index in [-0.39, 0.29) is 5.91 Å². The van der Waals surface area contributed by atoms with E-state index in [2.05, 4.69) is 4.98 Å². The Kier molecular flexibility index (Phi) is 6.89. The molecule has 0 aliphatic carbocycles. The topological polar surface area (TPSA) is 56.6 Å². The molecule has 0 atom stereocenters. The van der Waals surface area contributed by atoms with Gasteiger partial charge < -0.3 is 18.9 Å². The van der Waals surface area contributed by atoms with Crippen molar-refractivity contribution >= 4 is 5.91 Å². The van der Waals surface area contributed by atoms with Crippen LogP contribution in [0.15, 0.2) is 61.2 Å². The molecule has 2 aromatic carbocycles. The van der Waals surface area contributed by atoms with Crippen molar-refractivity contribution in [1.82, 2.24) is 14.5 Å². The number of carbonyl (C=O) groups is 1. The highest BCUT2D eigenvalue weighted by Gasteiger charge is 2.17. The molecule has 1 aromatic heterocycles. The maximum atomic E-state index is 13.2. The summed E-state index contributed by atoms with van der Waals surface area (Å²) in [5.41, 5.74) is 2.82. The van der Waals surface area contributed by atoms with Crippen LogP contribution in [0.4, 0.5) is 0 Å². The number of methoxy groups -OCH3 is 2. The highest BCUT2D eigenvalue weighted by atomic mass is 16.5. The SMILES string of the molecule is COc1ccc(CN(CCCn2ccnc2)C(=O)c2ccc(C)cc2)cc1OC. The lowest BCUT2D eigenvalue weighted by Crippen LogP contribution is -2.32. The fourth-order valence-electron chi connectivity index (χ4n) is 3.19. The first kappa shape index (κ1) is 20.5. The van der Waals surface area contributed by atoms with Gasteiger partial charge in [0, 0.05) is 37.6 Å². The molecule has 1 amide bonds. The molecule has 0 fully saturated rings. The first-order valence-corrected chi connectivity index (χ1v) is 9.63. The highest BCUT2D eigenvalue weighted by molar-refractivity contribution is 5.94. The van der Waals surface area contributed by atoms with E-state index in [1.54, 1.807) is 26.7 Å². The molecule has 0 saturated carbocycles. The largest absolute Gasteiger partial charge is 0.493 e. The Morgan fingerprint density at radius 2 is 1.83 bits per heavy atom. The molecule has 1 heterocycles. The van der Waals surface area contributed by atoms with Crippen LogP contribution in [-0.2, 0) is 13.1 Å². The maximum absolute atomic E-state index is 13.2. The van der Waals surface area contributed by atoms with Crippen LogP contribution in [-0.4, -0.2) is 41.1 Å². The Morgan fingerprint density at radius 1 is 1.07 bits per heavy atom. The molecule has 3 rings (SSSR count). The molecule has 6 nitrogen and oxygen atoms in total. The van der Waals surface area contributed by atoms with Crippen LogP contribution in [0, 0.1) is 6.92 Å². The predicted octanol–water partition coefficient (Wildman–Crippen LogP) is 3.94. The van der Waals surface area contributed by atoms with Crippen molar-refractivity contribution in [2.24, 2.45) is 0 Å². The second kappa shape index (κ2) is 9.78. The van der Waals surface area contributed by atoms with Crippen LogP contribution < -0.4 is 9.47 Å². The third kappa shape index (κ3) is 5.38. The molecule has 0 bridgehead atoms. The number of amides is 1. The zero-order valence-electron chi connectivity index (χ0n) is 17.2. The quantitative estimate of drug-likeness (QED) is 0.553. The van der Waals surface area contributed by atoms with E-state index < -0.39 is 0 Å². The first-order valence-electron chi connectivity index (χ1n) is 9.63. The highest BCUT2D eigenvalue weighted by Crippen LogP contribution is 2.28. The lowest BCUT2D eigenvalue weighted by molar-refractivity contribution is 0.0739. The number of hydrogen-bond donors (Lipinski definition) is 0. The summed E-state index contributed by atoms with van der Waals surface area (Å²) in [6.45, 7) is 3.96. The summed E-state index contributed by atoms with van der Waals surface area (Å²) in [6, 6.07) is 13.5. The number of aromatic nitrogens is 2. The zero-order valence-corrected chi connectivity index (χ0v) is 17.2. The Labute approximate surface area is 171 Å². The van der Waals surface area contributed by atoms with Crippen LogP contribution in [0.25, 0.3) is 0 Å². The minimum atomic E-state index is 0.0189. The second-order valence-corrected chi connectivity index (χ2v) is 6.94. The lowest BCUT2D eigenvalue weighted by Gasteiger charge is -2.24. The van der Waals surface area contributed by atoms with Crippen molar-refractivity contribution in [3.05, 3.63) is 77.9 Å². The molecule has 0 aliphatic rings. The van der Waals surface area contributed by atoms with E-state index in [4.69, 9.17) is 9.47 Å². The molecule has 0 radical (unpaired) electrons. The molecule has 3 aromatic rings. The maximum Gasteiger partial charge on any atom is 0.254 e. The van der Waals surface area contributed by atoms with Gasteiger partial charge in [0.25, 0.3) is 5.91 Å². The van der Waals surface area contributed by atoms with Gasteiger partial charge in [-0.25, -0.2) is 4.98 Å². The van der Waals surface area contributed by atoms with Gasteiger partial charge in [-0.1, -0.05) is 23.8 Å². The van der Waals surface area contributed by atoms with Gasteiger partial charge in [0.2, 0.25) is 0 Å². The average Bonchev–Trinajstić information content (AvgIpc) is 3.26. The second-order valence-electron chi connectivity index (χ2n) is 6.94. The Morgan fingerprint density at radius 3 is 2.48 bits per heavy atom. The fourth-order valence-corrected chi connectivity index (χ4v) is 3.19. The van der Waals surface area contributed by atoms with Crippen LogP contribution in [0.2, 0.25) is 0 Å². The molecule has 6 heteroatoms. The monoisotopic (exact) mass is 393 g/mol. The molecule has 0 unspecified atom stereocenters. The van der Waals surface area contributed by atoms with Crippen molar-refractivity contribution in [2.75, 3.05) is 20.8 Å². The van der Waals surface area contributed by atoms with Crippen molar-refractivity contribution in [3.8, 4) is 11.5 Å². The number of hydrogen-bond acceptors (Lipinski definition) is 4. The third-order valence-electron chi connectivity index (χ3n) is 4.81. The molecule has 152 valence electrons. The summed E-state index contributed by atoms with van der Waals surface area (Å²) < 4.78 is 12.7. The van der Waals surface area contributed by atoms with Crippen molar-refractivity contribution in [3.63, 3.8) is 0 Å². The molecule has 0 saturated heterocycles. The van der Waals surface area contributed by atoms with Crippen LogP contribution in [0.1, 0.15) is 27.9 Å². The number of carbonyl (C=O) groups excluding carboxylic acids is 1. The Balaban J connectivity index is 1.77.